The van der Waals surface area contributed by atoms with Gasteiger partial charge < -0.3 is 9.88 Å². The van der Waals surface area contributed by atoms with Crippen molar-refractivity contribution in [3.63, 3.8) is 0 Å². The second-order valence-corrected chi connectivity index (χ2v) is 5.04. The highest BCUT2D eigenvalue weighted by Gasteiger charge is 2.07. The summed E-state index contributed by atoms with van der Waals surface area (Å²) >= 11 is 3.53. The highest BCUT2D eigenvalue weighted by molar-refractivity contribution is 9.10. The standard InChI is InChI=1S/C14H16BrN3/c1-4-8-18-9-10(2)16-14(18)17-13-7-5-6-12(15)11(13)3/h4-7,9H,1,8H2,2-3H3,(H,16,17). The van der Waals surface area contributed by atoms with E-state index in [1.165, 1.54) is 5.56 Å². The van der Waals surface area contributed by atoms with Crippen molar-refractivity contribution >= 4 is 27.6 Å². The highest BCUT2D eigenvalue weighted by Crippen LogP contribution is 2.26. The molecule has 0 aliphatic heterocycles. The Kier molecular flexibility index (Phi) is 3.87. The molecule has 1 N–H and O–H groups in total. The Morgan fingerprint density at radius 1 is 1.44 bits per heavy atom. The summed E-state index contributed by atoms with van der Waals surface area (Å²) in [5.41, 5.74) is 3.22. The SMILES string of the molecule is C=CCn1cc(C)nc1Nc1cccc(Br)c1C. The maximum atomic E-state index is 4.48. The zero-order valence-corrected chi connectivity index (χ0v) is 12.2. The van der Waals surface area contributed by atoms with Crippen LogP contribution in [0.5, 0.6) is 0 Å². The highest BCUT2D eigenvalue weighted by atomic mass is 79.9. The molecule has 0 radical (unpaired) electrons. The zero-order chi connectivity index (χ0) is 13.1. The molecular formula is C14H16BrN3. The Labute approximate surface area is 116 Å². The van der Waals surface area contributed by atoms with Gasteiger partial charge in [-0.2, -0.15) is 0 Å². The third-order valence-corrected chi connectivity index (χ3v) is 3.60. The van der Waals surface area contributed by atoms with Gasteiger partial charge in [0.05, 0.1) is 5.69 Å². The molecule has 1 aromatic carbocycles. The third kappa shape index (κ3) is 2.64. The monoisotopic (exact) mass is 305 g/mol. The molecule has 0 saturated carbocycles. The van der Waals surface area contributed by atoms with Crippen molar-refractivity contribution < 1.29 is 0 Å². The minimum atomic E-state index is 0.746. The minimum absolute atomic E-state index is 0.746. The molecule has 4 heteroatoms. The van der Waals surface area contributed by atoms with Gasteiger partial charge in [0.1, 0.15) is 0 Å². The van der Waals surface area contributed by atoms with Crippen LogP contribution < -0.4 is 5.32 Å². The lowest BCUT2D eigenvalue weighted by Gasteiger charge is -2.11. The Morgan fingerprint density at radius 3 is 2.94 bits per heavy atom. The van der Waals surface area contributed by atoms with Crippen LogP contribution in [0, 0.1) is 13.8 Å². The van der Waals surface area contributed by atoms with Crippen molar-refractivity contribution in [3.05, 3.63) is 52.8 Å². The van der Waals surface area contributed by atoms with Crippen molar-refractivity contribution in [2.24, 2.45) is 0 Å². The van der Waals surface area contributed by atoms with E-state index in [2.05, 4.69) is 39.7 Å². The number of hydrogen-bond donors (Lipinski definition) is 1. The number of nitrogens with one attached hydrogen (secondary N) is 1. The number of halogens is 1. The predicted octanol–water partition coefficient (Wildman–Crippen LogP) is 4.19. The first kappa shape index (κ1) is 12.9. The number of allylic oxidation sites excluding steroid dienone is 1. The summed E-state index contributed by atoms with van der Waals surface area (Å²) in [6.45, 7) is 8.56. The van der Waals surface area contributed by atoms with Gasteiger partial charge in [0, 0.05) is 22.9 Å². The topological polar surface area (TPSA) is 29.9 Å². The van der Waals surface area contributed by atoms with E-state index in [9.17, 15) is 0 Å². The molecule has 94 valence electrons. The van der Waals surface area contributed by atoms with Crippen molar-refractivity contribution in [3.8, 4) is 0 Å². The fourth-order valence-electron chi connectivity index (χ4n) is 1.79. The summed E-state index contributed by atoms with van der Waals surface area (Å²) in [5, 5.41) is 3.36. The van der Waals surface area contributed by atoms with Crippen molar-refractivity contribution in [1.82, 2.24) is 9.55 Å². The summed E-state index contributed by atoms with van der Waals surface area (Å²) in [4.78, 5) is 4.48. The molecule has 3 nitrogen and oxygen atoms in total. The van der Waals surface area contributed by atoms with Crippen molar-refractivity contribution in [1.29, 1.82) is 0 Å². The molecule has 0 atom stereocenters. The van der Waals surface area contributed by atoms with Crippen LogP contribution in [-0.2, 0) is 6.54 Å². The van der Waals surface area contributed by atoms with Crippen molar-refractivity contribution in [2.45, 2.75) is 20.4 Å². The molecule has 0 unspecified atom stereocenters. The fourth-order valence-corrected chi connectivity index (χ4v) is 2.15. The van der Waals surface area contributed by atoms with Crippen LogP contribution in [0.4, 0.5) is 11.6 Å². The van der Waals surface area contributed by atoms with E-state index in [0.717, 1.165) is 28.3 Å². The van der Waals surface area contributed by atoms with Gasteiger partial charge in [0.25, 0.3) is 0 Å². The van der Waals surface area contributed by atoms with Gasteiger partial charge in [0.15, 0.2) is 0 Å². The predicted molar refractivity (Wildman–Crippen MR) is 79.3 cm³/mol. The van der Waals surface area contributed by atoms with Gasteiger partial charge in [-0.15, -0.1) is 6.58 Å². The first-order valence-electron chi connectivity index (χ1n) is 5.78. The summed E-state index contributed by atoms with van der Waals surface area (Å²) in [6, 6.07) is 6.08. The van der Waals surface area contributed by atoms with Crippen LogP contribution in [0.25, 0.3) is 0 Å². The molecule has 2 rings (SSSR count). The van der Waals surface area contributed by atoms with E-state index in [1.807, 2.05) is 42.0 Å². The van der Waals surface area contributed by atoms with Gasteiger partial charge >= 0.3 is 0 Å². The average molecular weight is 306 g/mol. The van der Waals surface area contributed by atoms with E-state index < -0.39 is 0 Å². The average Bonchev–Trinajstić information content (AvgIpc) is 2.66. The molecular weight excluding hydrogens is 290 g/mol. The van der Waals surface area contributed by atoms with Gasteiger partial charge in [-0.1, -0.05) is 28.1 Å². The van der Waals surface area contributed by atoms with Crippen LogP contribution in [-0.4, -0.2) is 9.55 Å². The summed E-state index contributed by atoms with van der Waals surface area (Å²) in [6.07, 6.45) is 3.87. The molecule has 18 heavy (non-hydrogen) atoms. The Balaban J connectivity index is 2.33. The lowest BCUT2D eigenvalue weighted by atomic mass is 10.2. The third-order valence-electron chi connectivity index (χ3n) is 2.74. The molecule has 0 bridgehead atoms. The maximum Gasteiger partial charge on any atom is 0.207 e. The van der Waals surface area contributed by atoms with Crippen LogP contribution in [0.15, 0.2) is 41.5 Å². The Hall–Kier alpha value is -1.55. The summed E-state index contributed by atoms with van der Waals surface area (Å²) in [7, 11) is 0. The molecule has 1 aromatic heterocycles. The van der Waals surface area contributed by atoms with E-state index in [1.54, 1.807) is 0 Å². The molecule has 1 heterocycles. The quantitative estimate of drug-likeness (QED) is 0.858. The van der Waals surface area contributed by atoms with Crippen LogP contribution >= 0.6 is 15.9 Å². The van der Waals surface area contributed by atoms with Crippen molar-refractivity contribution in [2.75, 3.05) is 5.32 Å². The number of imidazole rings is 1. The van der Waals surface area contributed by atoms with Crippen LogP contribution in [0.1, 0.15) is 11.3 Å². The zero-order valence-electron chi connectivity index (χ0n) is 10.6. The number of anilines is 2. The molecule has 0 fully saturated rings. The lowest BCUT2D eigenvalue weighted by Crippen LogP contribution is -2.03. The normalized spacial score (nSPS) is 10.4. The molecule has 0 saturated heterocycles. The van der Waals surface area contributed by atoms with E-state index in [0.29, 0.717) is 0 Å². The molecule has 0 aliphatic carbocycles. The maximum absolute atomic E-state index is 4.48. The molecule has 0 aliphatic rings. The number of aryl methyl sites for hydroxylation is 1. The summed E-state index contributed by atoms with van der Waals surface area (Å²) < 4.78 is 3.13. The molecule has 2 aromatic rings. The molecule has 0 spiro atoms. The fraction of sp³-hybridized carbons (Fsp3) is 0.214. The van der Waals surface area contributed by atoms with Gasteiger partial charge in [-0.3, -0.25) is 0 Å². The Bertz CT molecular complexity index is 572. The first-order valence-corrected chi connectivity index (χ1v) is 6.58. The van der Waals surface area contributed by atoms with E-state index >= 15 is 0 Å². The number of nitrogens with zero attached hydrogens (tertiary/aromatic N) is 2. The van der Waals surface area contributed by atoms with E-state index in [-0.39, 0.29) is 0 Å². The van der Waals surface area contributed by atoms with Gasteiger partial charge in [-0.25, -0.2) is 4.98 Å². The summed E-state index contributed by atoms with van der Waals surface area (Å²) in [5.74, 6) is 0.841. The first-order chi connectivity index (χ1) is 8.61. The largest absolute Gasteiger partial charge is 0.325 e. The number of benzene rings is 1. The number of hydrogen-bond acceptors (Lipinski definition) is 2. The van der Waals surface area contributed by atoms with Gasteiger partial charge in [-0.05, 0) is 31.5 Å². The smallest absolute Gasteiger partial charge is 0.207 e. The Morgan fingerprint density at radius 2 is 2.22 bits per heavy atom. The minimum Gasteiger partial charge on any atom is -0.325 e. The second-order valence-electron chi connectivity index (χ2n) is 4.18. The van der Waals surface area contributed by atoms with Gasteiger partial charge in [0.2, 0.25) is 5.95 Å². The van der Waals surface area contributed by atoms with Crippen LogP contribution in [0.2, 0.25) is 0 Å². The second kappa shape index (κ2) is 5.40. The number of aromatic nitrogens is 2. The van der Waals surface area contributed by atoms with E-state index in [4.69, 9.17) is 0 Å². The molecule has 0 amide bonds. The number of rotatable bonds is 4. The lowest BCUT2D eigenvalue weighted by molar-refractivity contribution is 0.832. The van der Waals surface area contributed by atoms with Crippen LogP contribution in [0.3, 0.4) is 0 Å².